The molecule has 4 heteroatoms. The average Bonchev–Trinajstić information content (AvgIpc) is 2.38. The molecule has 19 heavy (non-hydrogen) atoms. The lowest BCUT2D eigenvalue weighted by atomic mass is 10.1. The van der Waals surface area contributed by atoms with Gasteiger partial charge in [-0.2, -0.15) is 0 Å². The summed E-state index contributed by atoms with van der Waals surface area (Å²) in [4.78, 5) is 4.17. The molecule has 102 valence electrons. The lowest BCUT2D eigenvalue weighted by Gasteiger charge is -2.26. The Morgan fingerprint density at radius 1 is 1.26 bits per heavy atom. The summed E-state index contributed by atoms with van der Waals surface area (Å²) in [6.07, 6.45) is 3.59. The zero-order chi connectivity index (χ0) is 13.9. The third-order valence-electron chi connectivity index (χ3n) is 3.09. The Balaban J connectivity index is 2.24. The first-order chi connectivity index (χ1) is 9.03. The Labute approximate surface area is 114 Å². The van der Waals surface area contributed by atoms with Gasteiger partial charge < -0.3 is 15.8 Å². The van der Waals surface area contributed by atoms with E-state index in [1.165, 1.54) is 0 Å². The van der Waals surface area contributed by atoms with Gasteiger partial charge in [-0.25, -0.2) is 0 Å². The summed E-state index contributed by atoms with van der Waals surface area (Å²) < 4.78 is 5.68. The van der Waals surface area contributed by atoms with E-state index in [0.29, 0.717) is 6.61 Å². The Morgan fingerprint density at radius 3 is 2.79 bits per heavy atom. The highest BCUT2D eigenvalue weighted by molar-refractivity contribution is 6.00. The summed E-state index contributed by atoms with van der Waals surface area (Å²) in [5.41, 5.74) is 7.57. The van der Waals surface area contributed by atoms with Gasteiger partial charge in [-0.3, -0.25) is 4.98 Å². The molecule has 0 aliphatic rings. The average molecular weight is 259 g/mol. The number of hydrogen-bond acceptors (Lipinski definition) is 4. The monoisotopic (exact) mass is 259 g/mol. The second-order valence-electron chi connectivity index (χ2n) is 5.17. The summed E-state index contributed by atoms with van der Waals surface area (Å²) >= 11 is 0. The molecular weight excluding hydrogens is 238 g/mol. The van der Waals surface area contributed by atoms with Crippen molar-refractivity contribution < 1.29 is 4.74 Å². The molecule has 0 amide bonds. The van der Waals surface area contributed by atoms with E-state index in [9.17, 15) is 0 Å². The van der Waals surface area contributed by atoms with E-state index in [-0.39, 0.29) is 5.60 Å². The first-order valence-electron chi connectivity index (χ1n) is 6.53. The van der Waals surface area contributed by atoms with Crippen LogP contribution >= 0.6 is 0 Å². The van der Waals surface area contributed by atoms with E-state index in [1.807, 2.05) is 31.3 Å². The largest absolute Gasteiger partial charge is 0.398 e. The van der Waals surface area contributed by atoms with Crippen molar-refractivity contribution in [3.63, 3.8) is 0 Å². The molecule has 1 aromatic heterocycles. The van der Waals surface area contributed by atoms with Crippen LogP contribution in [0.4, 0.5) is 11.4 Å². The molecular formula is C15H21N3O. The van der Waals surface area contributed by atoms with Crippen LogP contribution in [0.3, 0.4) is 0 Å². The maximum Gasteiger partial charge on any atom is 0.0797 e. The molecule has 1 heterocycles. The molecule has 0 fully saturated rings. The lowest BCUT2D eigenvalue weighted by Crippen LogP contribution is -2.33. The molecule has 3 N–H and O–H groups in total. The number of pyridine rings is 1. The molecule has 0 saturated carbocycles. The normalized spacial score (nSPS) is 11.7. The highest BCUT2D eigenvalue weighted by Crippen LogP contribution is 2.27. The minimum Gasteiger partial charge on any atom is -0.398 e. The molecule has 4 nitrogen and oxygen atoms in total. The van der Waals surface area contributed by atoms with Crippen LogP contribution in [0.5, 0.6) is 0 Å². The van der Waals surface area contributed by atoms with Crippen LogP contribution < -0.4 is 11.1 Å². The number of nitrogen functional groups attached to an aromatic ring is 1. The molecule has 2 rings (SSSR count). The highest BCUT2D eigenvalue weighted by Gasteiger charge is 2.17. The van der Waals surface area contributed by atoms with Crippen molar-refractivity contribution in [1.29, 1.82) is 0 Å². The first kappa shape index (κ1) is 13.6. The lowest BCUT2D eigenvalue weighted by molar-refractivity contribution is 0.000718. The summed E-state index contributed by atoms with van der Waals surface area (Å²) in [5.74, 6) is 0. The van der Waals surface area contributed by atoms with E-state index in [4.69, 9.17) is 10.5 Å². The number of benzene rings is 1. The third-order valence-corrected chi connectivity index (χ3v) is 3.09. The standard InChI is InChI=1S/C15H21N3O/c1-4-19-15(2,3)10-18-14-6-5-13(16)11-7-8-17-9-12(11)14/h5-9,18H,4,10,16H2,1-3H3. The molecule has 0 aliphatic carbocycles. The van der Waals surface area contributed by atoms with Crippen molar-refractivity contribution >= 4 is 22.1 Å². The van der Waals surface area contributed by atoms with Gasteiger partial charge in [0.25, 0.3) is 0 Å². The van der Waals surface area contributed by atoms with Crippen molar-refractivity contribution in [2.75, 3.05) is 24.2 Å². The Kier molecular flexibility index (Phi) is 3.90. The van der Waals surface area contributed by atoms with Gasteiger partial charge >= 0.3 is 0 Å². The van der Waals surface area contributed by atoms with E-state index < -0.39 is 0 Å². The SMILES string of the molecule is CCOC(C)(C)CNc1ccc(N)c2ccncc12. The summed E-state index contributed by atoms with van der Waals surface area (Å²) in [6.45, 7) is 7.58. The zero-order valence-electron chi connectivity index (χ0n) is 11.7. The van der Waals surface area contributed by atoms with Crippen LogP contribution in [0, 0.1) is 0 Å². The number of anilines is 2. The Hall–Kier alpha value is -1.81. The second kappa shape index (κ2) is 5.45. The predicted octanol–water partition coefficient (Wildman–Crippen LogP) is 3.04. The summed E-state index contributed by atoms with van der Waals surface area (Å²) in [5, 5.41) is 5.48. The Morgan fingerprint density at radius 2 is 2.05 bits per heavy atom. The molecule has 1 aromatic carbocycles. The van der Waals surface area contributed by atoms with Crippen molar-refractivity contribution in [3.8, 4) is 0 Å². The maximum atomic E-state index is 5.97. The molecule has 0 radical (unpaired) electrons. The summed E-state index contributed by atoms with van der Waals surface area (Å²) in [7, 11) is 0. The van der Waals surface area contributed by atoms with Crippen LogP contribution in [0.25, 0.3) is 10.8 Å². The number of nitrogens with one attached hydrogen (secondary N) is 1. The number of aromatic nitrogens is 1. The fourth-order valence-corrected chi connectivity index (χ4v) is 2.12. The van der Waals surface area contributed by atoms with Crippen molar-refractivity contribution in [2.45, 2.75) is 26.4 Å². The van der Waals surface area contributed by atoms with Gasteiger partial charge in [0.1, 0.15) is 0 Å². The van der Waals surface area contributed by atoms with E-state index in [2.05, 4.69) is 24.1 Å². The highest BCUT2D eigenvalue weighted by atomic mass is 16.5. The number of fused-ring (bicyclic) bond motifs is 1. The smallest absolute Gasteiger partial charge is 0.0797 e. The maximum absolute atomic E-state index is 5.97. The number of rotatable bonds is 5. The van der Waals surface area contributed by atoms with Crippen molar-refractivity contribution in [1.82, 2.24) is 4.98 Å². The van der Waals surface area contributed by atoms with Crippen LogP contribution in [0.15, 0.2) is 30.6 Å². The van der Waals surface area contributed by atoms with Gasteiger partial charge in [0, 0.05) is 47.7 Å². The van der Waals surface area contributed by atoms with Gasteiger partial charge in [-0.15, -0.1) is 0 Å². The molecule has 2 aromatic rings. The first-order valence-corrected chi connectivity index (χ1v) is 6.53. The number of ether oxygens (including phenoxy) is 1. The van der Waals surface area contributed by atoms with Crippen LogP contribution in [-0.2, 0) is 4.74 Å². The van der Waals surface area contributed by atoms with E-state index in [0.717, 1.165) is 28.7 Å². The van der Waals surface area contributed by atoms with Crippen LogP contribution in [0.2, 0.25) is 0 Å². The van der Waals surface area contributed by atoms with Crippen molar-refractivity contribution in [3.05, 3.63) is 30.6 Å². The van der Waals surface area contributed by atoms with Gasteiger partial charge in [0.05, 0.1) is 5.60 Å². The Bertz CT molecular complexity index is 566. The minimum atomic E-state index is -0.204. The van der Waals surface area contributed by atoms with E-state index >= 15 is 0 Å². The quantitative estimate of drug-likeness (QED) is 0.810. The van der Waals surface area contributed by atoms with Crippen LogP contribution in [0.1, 0.15) is 20.8 Å². The predicted molar refractivity (Wildman–Crippen MR) is 80.4 cm³/mol. The van der Waals surface area contributed by atoms with Crippen molar-refractivity contribution in [2.24, 2.45) is 0 Å². The number of nitrogens with two attached hydrogens (primary N) is 1. The minimum absolute atomic E-state index is 0.204. The van der Waals surface area contributed by atoms with Gasteiger partial charge in [0.2, 0.25) is 0 Å². The molecule has 0 atom stereocenters. The van der Waals surface area contributed by atoms with Gasteiger partial charge in [-0.05, 0) is 39.0 Å². The molecule has 0 saturated heterocycles. The van der Waals surface area contributed by atoms with E-state index in [1.54, 1.807) is 6.20 Å². The van der Waals surface area contributed by atoms with Crippen LogP contribution in [-0.4, -0.2) is 23.7 Å². The molecule has 0 unspecified atom stereocenters. The van der Waals surface area contributed by atoms with Gasteiger partial charge in [-0.1, -0.05) is 0 Å². The third kappa shape index (κ3) is 3.15. The zero-order valence-corrected chi connectivity index (χ0v) is 11.7. The topological polar surface area (TPSA) is 60.2 Å². The summed E-state index contributed by atoms with van der Waals surface area (Å²) in [6, 6.07) is 5.84. The molecule has 0 spiro atoms. The molecule has 0 aliphatic heterocycles. The fraction of sp³-hybridized carbons (Fsp3) is 0.400. The molecule has 0 bridgehead atoms. The van der Waals surface area contributed by atoms with Gasteiger partial charge in [0.15, 0.2) is 0 Å². The number of nitrogens with zero attached hydrogens (tertiary/aromatic N) is 1. The fourth-order valence-electron chi connectivity index (χ4n) is 2.12. The number of hydrogen-bond donors (Lipinski definition) is 2. The second-order valence-corrected chi connectivity index (χ2v) is 5.17.